The molecule has 0 radical (unpaired) electrons. The number of hydrogen-bond acceptors (Lipinski definition) is 6. The summed E-state index contributed by atoms with van der Waals surface area (Å²) >= 11 is 0. The average Bonchev–Trinajstić information content (AvgIpc) is 2.95. The highest BCUT2D eigenvalue weighted by Crippen LogP contribution is 2.41. The zero-order valence-corrected chi connectivity index (χ0v) is 23.7. The molecule has 0 bridgehead atoms. The van der Waals surface area contributed by atoms with E-state index in [9.17, 15) is 9.18 Å². The number of para-hydroxylation sites is 1. The molecule has 0 saturated heterocycles. The van der Waals surface area contributed by atoms with E-state index in [4.69, 9.17) is 23.7 Å². The molecule has 3 aromatic rings. The number of ether oxygens (including phenoxy) is 5. The van der Waals surface area contributed by atoms with E-state index in [2.05, 4.69) is 0 Å². The molecule has 8 heteroatoms. The van der Waals surface area contributed by atoms with Crippen molar-refractivity contribution in [3.63, 3.8) is 0 Å². The van der Waals surface area contributed by atoms with Gasteiger partial charge in [-0.3, -0.25) is 4.79 Å². The second kappa shape index (κ2) is 13.9. The predicted molar refractivity (Wildman–Crippen MR) is 151 cm³/mol. The van der Waals surface area contributed by atoms with E-state index in [1.165, 1.54) is 12.1 Å². The van der Waals surface area contributed by atoms with Crippen LogP contribution in [0.1, 0.15) is 50.4 Å². The summed E-state index contributed by atoms with van der Waals surface area (Å²) < 4.78 is 43.2. The van der Waals surface area contributed by atoms with Crippen molar-refractivity contribution in [3.05, 3.63) is 77.1 Å². The minimum Gasteiger partial charge on any atom is -0.490 e. The zero-order chi connectivity index (χ0) is 28.5. The number of halogens is 1. The number of hydrogen-bond donors (Lipinski definition) is 0. The summed E-state index contributed by atoms with van der Waals surface area (Å²) in [7, 11) is 0. The fourth-order valence-electron chi connectivity index (χ4n) is 4.99. The van der Waals surface area contributed by atoms with E-state index in [0.717, 1.165) is 16.7 Å². The van der Waals surface area contributed by atoms with Crippen molar-refractivity contribution in [1.29, 1.82) is 0 Å². The summed E-state index contributed by atoms with van der Waals surface area (Å²) in [6, 6.07) is 15.7. The molecule has 4 rings (SSSR count). The lowest BCUT2D eigenvalue weighted by Crippen LogP contribution is -2.43. The summed E-state index contributed by atoms with van der Waals surface area (Å²) in [5, 5.41) is 0. The normalized spacial score (nSPS) is 14.3. The van der Waals surface area contributed by atoms with Gasteiger partial charge < -0.3 is 28.6 Å². The Balaban J connectivity index is 1.69. The van der Waals surface area contributed by atoms with Crippen LogP contribution in [-0.2, 0) is 17.6 Å². The van der Waals surface area contributed by atoms with Crippen LogP contribution in [0, 0.1) is 5.82 Å². The van der Waals surface area contributed by atoms with Crippen molar-refractivity contribution in [2.45, 2.75) is 46.6 Å². The Bertz CT molecular complexity index is 1300. The minimum atomic E-state index is -0.501. The van der Waals surface area contributed by atoms with Gasteiger partial charge in [-0.05, 0) is 93.6 Å². The zero-order valence-electron chi connectivity index (χ0n) is 23.7. The van der Waals surface area contributed by atoms with Crippen LogP contribution >= 0.6 is 0 Å². The second-order valence-electron chi connectivity index (χ2n) is 9.29. The topological polar surface area (TPSA) is 66.5 Å². The van der Waals surface area contributed by atoms with E-state index < -0.39 is 5.82 Å². The lowest BCUT2D eigenvalue weighted by Gasteiger charge is -2.38. The Morgan fingerprint density at radius 1 is 0.775 bits per heavy atom. The monoisotopic (exact) mass is 551 g/mol. The molecule has 0 N–H and O–H groups in total. The third-order valence-corrected chi connectivity index (χ3v) is 6.71. The van der Waals surface area contributed by atoms with Crippen molar-refractivity contribution in [1.82, 2.24) is 4.90 Å². The Hall–Kier alpha value is -3.94. The number of carbonyl (C=O) groups is 1. The van der Waals surface area contributed by atoms with E-state index in [1.807, 2.05) is 62.9 Å². The van der Waals surface area contributed by atoms with Gasteiger partial charge in [0.05, 0.1) is 32.5 Å². The van der Waals surface area contributed by atoms with Gasteiger partial charge in [0, 0.05) is 6.54 Å². The number of carbonyl (C=O) groups excluding carboxylic acids is 1. The van der Waals surface area contributed by atoms with Gasteiger partial charge in [-0.25, -0.2) is 4.39 Å². The summed E-state index contributed by atoms with van der Waals surface area (Å²) in [6.45, 7) is 10.00. The van der Waals surface area contributed by atoms with E-state index in [0.29, 0.717) is 68.8 Å². The summed E-state index contributed by atoms with van der Waals surface area (Å²) in [5.41, 5.74) is 3.08. The summed E-state index contributed by atoms with van der Waals surface area (Å²) in [6.07, 6.45) is 1.18. The van der Waals surface area contributed by atoms with Gasteiger partial charge in [-0.15, -0.1) is 0 Å². The highest BCUT2D eigenvalue weighted by molar-refractivity contribution is 5.79. The molecule has 0 spiro atoms. The first-order valence-electron chi connectivity index (χ1n) is 14.0. The van der Waals surface area contributed by atoms with Gasteiger partial charge in [-0.2, -0.15) is 0 Å². The van der Waals surface area contributed by atoms with Crippen LogP contribution in [0.25, 0.3) is 0 Å². The van der Waals surface area contributed by atoms with Gasteiger partial charge in [-0.1, -0.05) is 18.2 Å². The molecular formula is C32H38FNO6. The molecule has 7 nitrogen and oxygen atoms in total. The molecule has 1 aliphatic rings. The first-order chi connectivity index (χ1) is 19.5. The van der Waals surface area contributed by atoms with Crippen LogP contribution in [0.15, 0.2) is 54.6 Å². The molecule has 1 aliphatic heterocycles. The lowest BCUT2D eigenvalue weighted by atomic mass is 9.88. The highest BCUT2D eigenvalue weighted by Gasteiger charge is 2.33. The highest BCUT2D eigenvalue weighted by atomic mass is 19.1. The van der Waals surface area contributed by atoms with Crippen LogP contribution < -0.4 is 23.7 Å². The van der Waals surface area contributed by atoms with E-state index in [1.54, 1.807) is 12.1 Å². The average molecular weight is 552 g/mol. The van der Waals surface area contributed by atoms with Crippen LogP contribution in [0.2, 0.25) is 0 Å². The Kier molecular flexibility index (Phi) is 10.1. The fourth-order valence-corrected chi connectivity index (χ4v) is 4.99. The molecule has 1 amide bonds. The quantitative estimate of drug-likeness (QED) is 0.253. The Morgan fingerprint density at radius 2 is 1.40 bits per heavy atom. The van der Waals surface area contributed by atoms with Crippen molar-refractivity contribution < 1.29 is 32.9 Å². The van der Waals surface area contributed by atoms with Crippen LogP contribution in [0.3, 0.4) is 0 Å². The van der Waals surface area contributed by atoms with Crippen molar-refractivity contribution >= 4 is 5.91 Å². The second-order valence-corrected chi connectivity index (χ2v) is 9.29. The molecule has 1 heterocycles. The predicted octanol–water partition coefficient (Wildman–Crippen LogP) is 6.17. The fraction of sp³-hybridized carbons (Fsp3) is 0.406. The maximum Gasteiger partial charge on any atom is 0.261 e. The van der Waals surface area contributed by atoms with Gasteiger partial charge in [0.1, 0.15) is 0 Å². The van der Waals surface area contributed by atoms with Crippen LogP contribution in [-0.4, -0.2) is 50.4 Å². The van der Waals surface area contributed by atoms with Gasteiger partial charge in [0.2, 0.25) is 0 Å². The molecule has 0 aliphatic carbocycles. The van der Waals surface area contributed by atoms with Gasteiger partial charge in [0.25, 0.3) is 5.91 Å². The maximum absolute atomic E-state index is 14.2. The first-order valence-corrected chi connectivity index (χ1v) is 14.0. The minimum absolute atomic E-state index is 0.0534. The standard InChI is InChI=1S/C32H38FNO6/c1-5-36-28-14-13-22(18-29(28)37-6-2)17-26-24-20-31(39-8-4)30(38-7-3)19-23(24)15-16-34(26)32(35)21-40-27-12-10-9-11-25(27)33/h9-14,18-20,26H,5-8,15-17,21H2,1-4H3. The molecule has 0 aromatic heterocycles. The molecule has 1 unspecified atom stereocenters. The third-order valence-electron chi connectivity index (χ3n) is 6.71. The van der Waals surface area contributed by atoms with Gasteiger partial charge in [0.15, 0.2) is 41.2 Å². The largest absolute Gasteiger partial charge is 0.490 e. The Labute approximate surface area is 235 Å². The maximum atomic E-state index is 14.2. The first kappa shape index (κ1) is 29.1. The molecule has 0 fully saturated rings. The van der Waals surface area contributed by atoms with Gasteiger partial charge >= 0.3 is 0 Å². The Morgan fingerprint density at radius 3 is 2.08 bits per heavy atom. The number of fused-ring (bicyclic) bond motifs is 1. The molecule has 3 aromatic carbocycles. The third kappa shape index (κ3) is 6.79. The molecule has 1 atom stereocenters. The van der Waals surface area contributed by atoms with Crippen LogP contribution in [0.5, 0.6) is 28.7 Å². The summed E-state index contributed by atoms with van der Waals surface area (Å²) in [5.74, 6) is 2.03. The van der Waals surface area contributed by atoms with Crippen molar-refractivity contribution in [2.24, 2.45) is 0 Å². The number of amides is 1. The molecule has 0 saturated carbocycles. The van der Waals surface area contributed by atoms with Crippen molar-refractivity contribution in [3.8, 4) is 28.7 Å². The number of benzene rings is 3. The summed E-state index contributed by atoms with van der Waals surface area (Å²) in [4.78, 5) is 15.4. The number of nitrogens with zero attached hydrogens (tertiary/aromatic N) is 1. The van der Waals surface area contributed by atoms with E-state index >= 15 is 0 Å². The van der Waals surface area contributed by atoms with E-state index in [-0.39, 0.29) is 24.3 Å². The number of rotatable bonds is 13. The SMILES string of the molecule is CCOc1ccc(CC2c3cc(OCC)c(OCC)cc3CCN2C(=O)COc2ccccc2F)cc1OCC. The lowest BCUT2D eigenvalue weighted by molar-refractivity contribution is -0.136. The molecule has 40 heavy (non-hydrogen) atoms. The smallest absolute Gasteiger partial charge is 0.261 e. The van der Waals surface area contributed by atoms with Crippen LogP contribution in [0.4, 0.5) is 4.39 Å². The van der Waals surface area contributed by atoms with Crippen molar-refractivity contribution in [2.75, 3.05) is 39.6 Å². The molecule has 214 valence electrons. The molecular weight excluding hydrogens is 513 g/mol.